The van der Waals surface area contributed by atoms with E-state index in [9.17, 15) is 4.79 Å². The zero-order chi connectivity index (χ0) is 12.6. The molecule has 1 aromatic carbocycles. The Balaban J connectivity index is 2.81. The van der Waals surface area contributed by atoms with Crippen LogP contribution in [0, 0.1) is 6.92 Å². The Kier molecular flexibility index (Phi) is 2.96. The highest BCUT2D eigenvalue weighted by atomic mass is 16.1. The van der Waals surface area contributed by atoms with Gasteiger partial charge in [0.05, 0.1) is 16.7 Å². The van der Waals surface area contributed by atoms with E-state index in [1.54, 1.807) is 4.57 Å². The maximum atomic E-state index is 11.7. The number of fused-ring (bicyclic) bond motifs is 1. The zero-order valence-corrected chi connectivity index (χ0v) is 10.9. The van der Waals surface area contributed by atoms with Crippen LogP contribution in [0.25, 0.3) is 11.0 Å². The molecule has 1 N–H and O–H groups in total. The highest BCUT2D eigenvalue weighted by molar-refractivity contribution is 5.91. The molecule has 4 nitrogen and oxygen atoms in total. The van der Waals surface area contributed by atoms with E-state index in [0.717, 1.165) is 35.4 Å². The molecule has 2 aromatic rings. The summed E-state index contributed by atoms with van der Waals surface area (Å²) in [5, 5.41) is 0. The van der Waals surface area contributed by atoms with Gasteiger partial charge in [0.2, 0.25) is 0 Å². The molecule has 0 bridgehead atoms. The molecule has 0 amide bonds. The summed E-state index contributed by atoms with van der Waals surface area (Å²) in [6, 6.07) is 4.16. The van der Waals surface area contributed by atoms with E-state index in [0.29, 0.717) is 0 Å². The lowest BCUT2D eigenvalue weighted by Crippen LogP contribution is -2.23. The first-order valence-corrected chi connectivity index (χ1v) is 6.03. The first-order valence-electron chi connectivity index (χ1n) is 6.03. The molecule has 1 aromatic heterocycles. The van der Waals surface area contributed by atoms with Crippen LogP contribution in [0.1, 0.15) is 19.4 Å². The summed E-state index contributed by atoms with van der Waals surface area (Å²) in [4.78, 5) is 16.9. The van der Waals surface area contributed by atoms with Gasteiger partial charge in [0.15, 0.2) is 0 Å². The third kappa shape index (κ3) is 1.73. The lowest BCUT2D eigenvalue weighted by Gasteiger charge is -2.22. The van der Waals surface area contributed by atoms with Crippen molar-refractivity contribution < 1.29 is 0 Å². The molecule has 0 aliphatic heterocycles. The normalized spacial score (nSPS) is 11.1. The number of rotatable bonds is 3. The molecule has 0 radical (unpaired) electrons. The molecule has 92 valence electrons. The number of nitrogens with one attached hydrogen (secondary N) is 1. The van der Waals surface area contributed by atoms with E-state index in [1.165, 1.54) is 0 Å². The monoisotopic (exact) mass is 233 g/mol. The Hall–Kier alpha value is -1.71. The van der Waals surface area contributed by atoms with Crippen LogP contribution in [0.3, 0.4) is 0 Å². The van der Waals surface area contributed by atoms with Gasteiger partial charge >= 0.3 is 5.69 Å². The smallest absolute Gasteiger partial charge is 0.326 e. The minimum Gasteiger partial charge on any atom is -0.370 e. The molecule has 0 unspecified atom stereocenters. The van der Waals surface area contributed by atoms with E-state index in [-0.39, 0.29) is 5.69 Å². The van der Waals surface area contributed by atoms with Crippen LogP contribution < -0.4 is 10.6 Å². The topological polar surface area (TPSA) is 41.0 Å². The fourth-order valence-corrected chi connectivity index (χ4v) is 2.29. The second-order valence-electron chi connectivity index (χ2n) is 4.29. The van der Waals surface area contributed by atoms with Gasteiger partial charge in [-0.15, -0.1) is 0 Å². The molecular formula is C13H19N3O. The van der Waals surface area contributed by atoms with Crippen LogP contribution in [0.5, 0.6) is 0 Å². The third-order valence-corrected chi connectivity index (χ3v) is 3.34. The van der Waals surface area contributed by atoms with E-state index in [2.05, 4.69) is 35.9 Å². The molecule has 0 aliphatic carbocycles. The maximum Gasteiger partial charge on any atom is 0.326 e. The number of hydrogen-bond donors (Lipinski definition) is 1. The first kappa shape index (κ1) is 11.8. The SMILES string of the molecule is CCN(CC)c1ccc(C)c2[nH]c(=O)n(C)c12. The maximum absolute atomic E-state index is 11.7. The molecule has 1 heterocycles. The second-order valence-corrected chi connectivity index (χ2v) is 4.29. The fourth-order valence-electron chi connectivity index (χ4n) is 2.29. The number of anilines is 1. The minimum absolute atomic E-state index is 0.0530. The van der Waals surface area contributed by atoms with Crippen molar-refractivity contribution in [2.75, 3.05) is 18.0 Å². The highest BCUT2D eigenvalue weighted by Gasteiger charge is 2.13. The molecule has 0 fully saturated rings. The average Bonchev–Trinajstić information content (AvgIpc) is 2.62. The summed E-state index contributed by atoms with van der Waals surface area (Å²) in [5.74, 6) is 0. The zero-order valence-electron chi connectivity index (χ0n) is 10.9. The molecule has 0 saturated heterocycles. The number of aromatic amines is 1. The number of aromatic nitrogens is 2. The molecule has 17 heavy (non-hydrogen) atoms. The minimum atomic E-state index is -0.0530. The van der Waals surface area contributed by atoms with Gasteiger partial charge in [-0.3, -0.25) is 4.57 Å². The summed E-state index contributed by atoms with van der Waals surface area (Å²) in [7, 11) is 1.81. The van der Waals surface area contributed by atoms with E-state index < -0.39 is 0 Å². The third-order valence-electron chi connectivity index (χ3n) is 3.34. The van der Waals surface area contributed by atoms with Gasteiger partial charge in [0, 0.05) is 20.1 Å². The van der Waals surface area contributed by atoms with Gasteiger partial charge in [0.25, 0.3) is 0 Å². The van der Waals surface area contributed by atoms with Crippen molar-refractivity contribution >= 4 is 16.7 Å². The van der Waals surface area contributed by atoms with Crippen molar-refractivity contribution in [3.05, 3.63) is 28.2 Å². The van der Waals surface area contributed by atoms with Crippen LogP contribution in [-0.2, 0) is 7.05 Å². The van der Waals surface area contributed by atoms with Gasteiger partial charge < -0.3 is 9.88 Å². The van der Waals surface area contributed by atoms with E-state index in [1.807, 2.05) is 14.0 Å². The Labute approximate surface area is 101 Å². The van der Waals surface area contributed by atoms with Crippen molar-refractivity contribution in [2.24, 2.45) is 7.05 Å². The molecular weight excluding hydrogens is 214 g/mol. The number of H-pyrrole nitrogens is 1. The number of nitrogens with zero attached hydrogens (tertiary/aromatic N) is 2. The van der Waals surface area contributed by atoms with Gasteiger partial charge in [-0.25, -0.2) is 4.79 Å². The Bertz CT molecular complexity index is 590. The van der Waals surface area contributed by atoms with E-state index >= 15 is 0 Å². The summed E-state index contributed by atoms with van der Waals surface area (Å²) in [5.41, 5.74) is 4.12. The van der Waals surface area contributed by atoms with Crippen LogP contribution in [0.4, 0.5) is 5.69 Å². The molecule has 0 atom stereocenters. The molecule has 0 aliphatic rings. The lowest BCUT2D eigenvalue weighted by molar-refractivity contribution is 0.851. The fraction of sp³-hybridized carbons (Fsp3) is 0.462. The van der Waals surface area contributed by atoms with Crippen molar-refractivity contribution in [2.45, 2.75) is 20.8 Å². The van der Waals surface area contributed by atoms with E-state index in [4.69, 9.17) is 0 Å². The van der Waals surface area contributed by atoms with Crippen LogP contribution in [-0.4, -0.2) is 22.6 Å². The number of aryl methyl sites for hydroxylation is 2. The van der Waals surface area contributed by atoms with Crippen LogP contribution in [0.2, 0.25) is 0 Å². The molecule has 0 saturated carbocycles. The molecule has 2 rings (SSSR count). The Morgan fingerprint density at radius 2 is 1.94 bits per heavy atom. The average molecular weight is 233 g/mol. The largest absolute Gasteiger partial charge is 0.370 e. The van der Waals surface area contributed by atoms with Crippen molar-refractivity contribution in [1.82, 2.24) is 9.55 Å². The predicted molar refractivity (Wildman–Crippen MR) is 71.8 cm³/mol. The van der Waals surface area contributed by atoms with Crippen LogP contribution >= 0.6 is 0 Å². The lowest BCUT2D eigenvalue weighted by atomic mass is 10.1. The standard InChI is InChI=1S/C13H19N3O/c1-5-16(6-2)10-8-7-9(3)11-12(10)15(4)13(17)14-11/h7-8H,5-6H2,1-4H3,(H,14,17). The number of benzene rings is 1. The first-order chi connectivity index (χ1) is 8.10. The van der Waals surface area contributed by atoms with Gasteiger partial charge in [-0.1, -0.05) is 6.07 Å². The van der Waals surface area contributed by atoms with Gasteiger partial charge in [-0.2, -0.15) is 0 Å². The Morgan fingerprint density at radius 3 is 2.53 bits per heavy atom. The summed E-state index contributed by atoms with van der Waals surface area (Å²) >= 11 is 0. The summed E-state index contributed by atoms with van der Waals surface area (Å²) in [6.45, 7) is 8.15. The van der Waals surface area contributed by atoms with Crippen molar-refractivity contribution in [3.63, 3.8) is 0 Å². The highest BCUT2D eigenvalue weighted by Crippen LogP contribution is 2.26. The van der Waals surface area contributed by atoms with Crippen molar-refractivity contribution in [3.8, 4) is 0 Å². The number of imidazole rings is 1. The predicted octanol–water partition coefficient (Wildman–Crippen LogP) is 2.02. The summed E-state index contributed by atoms with van der Waals surface area (Å²) in [6.07, 6.45) is 0. The molecule has 4 heteroatoms. The van der Waals surface area contributed by atoms with Crippen molar-refractivity contribution in [1.29, 1.82) is 0 Å². The molecule has 0 spiro atoms. The van der Waals surface area contributed by atoms with Gasteiger partial charge in [-0.05, 0) is 32.4 Å². The van der Waals surface area contributed by atoms with Crippen LogP contribution in [0.15, 0.2) is 16.9 Å². The Morgan fingerprint density at radius 1 is 1.29 bits per heavy atom. The summed E-state index contributed by atoms with van der Waals surface area (Å²) < 4.78 is 1.69. The quantitative estimate of drug-likeness (QED) is 0.881. The van der Waals surface area contributed by atoms with Gasteiger partial charge in [0.1, 0.15) is 0 Å². The second kappa shape index (κ2) is 4.28. The number of hydrogen-bond acceptors (Lipinski definition) is 2.